The summed E-state index contributed by atoms with van der Waals surface area (Å²) >= 11 is 0. The summed E-state index contributed by atoms with van der Waals surface area (Å²) < 4.78 is 16.9. The van der Waals surface area contributed by atoms with E-state index in [-0.39, 0.29) is 32.0 Å². The van der Waals surface area contributed by atoms with Crippen molar-refractivity contribution < 1.29 is 45.2 Å². The second-order valence-corrected chi connectivity index (χ2v) is 4.72. The van der Waals surface area contributed by atoms with E-state index in [0.29, 0.717) is 19.8 Å². The van der Waals surface area contributed by atoms with Crippen LogP contribution in [0.2, 0.25) is 0 Å². The van der Waals surface area contributed by atoms with Crippen LogP contribution in [0, 0.1) is 0 Å². The van der Waals surface area contributed by atoms with E-state index in [4.69, 9.17) is 14.2 Å². The average molecular weight is 366 g/mol. The van der Waals surface area contributed by atoms with Crippen LogP contribution < -0.4 is 0 Å². The normalized spacial score (nSPS) is 11.2. The van der Waals surface area contributed by atoms with Gasteiger partial charge in [-0.05, 0) is 19.3 Å². The summed E-state index contributed by atoms with van der Waals surface area (Å²) in [6.45, 7) is 9.14. The molecule has 20 heavy (non-hydrogen) atoms. The van der Waals surface area contributed by atoms with Crippen molar-refractivity contribution in [1.29, 1.82) is 0 Å². The number of carbonyl (C=O) groups is 1. The molecule has 0 aromatic heterocycles. The first kappa shape index (κ1) is 22.7. The number of carbonyl (C=O) groups excluding carboxylic acids is 1. The van der Waals surface area contributed by atoms with Crippen LogP contribution in [0.1, 0.15) is 66.2 Å². The van der Waals surface area contributed by atoms with E-state index in [1.165, 1.54) is 6.92 Å². The van der Waals surface area contributed by atoms with Gasteiger partial charge in [0.25, 0.3) is 0 Å². The van der Waals surface area contributed by atoms with Gasteiger partial charge in [0.2, 0.25) is 5.78 Å². The predicted octanol–water partition coefficient (Wildman–Crippen LogP) is 3.68. The fraction of sp³-hybridized carbons (Fsp3) is 0.933. The molecule has 0 saturated heterocycles. The fourth-order valence-corrected chi connectivity index (χ4v) is 1.48. The summed E-state index contributed by atoms with van der Waals surface area (Å²) in [4.78, 5) is 11.9. The Labute approximate surface area is 143 Å². The van der Waals surface area contributed by atoms with Gasteiger partial charge in [-0.2, -0.15) is 0 Å². The maximum atomic E-state index is 11.9. The first-order chi connectivity index (χ1) is 9.13. The summed E-state index contributed by atoms with van der Waals surface area (Å²) in [7, 11) is 0. The van der Waals surface area contributed by atoms with E-state index in [1.54, 1.807) is 0 Å². The smallest absolute Gasteiger partial charge is 0.321 e. The van der Waals surface area contributed by atoms with Gasteiger partial charge in [-0.1, -0.05) is 40.0 Å². The molecule has 0 fully saturated rings. The largest absolute Gasteiger partial charge is 0.346 e. The van der Waals surface area contributed by atoms with E-state index in [2.05, 4.69) is 20.8 Å². The zero-order chi connectivity index (χ0) is 14.6. The molecule has 118 valence electrons. The molecule has 5 heteroatoms. The Morgan fingerprint density at radius 3 is 1.30 bits per heavy atom. The van der Waals surface area contributed by atoms with Crippen LogP contribution in [0.3, 0.4) is 0 Å². The molecule has 0 aliphatic rings. The molecule has 4 nitrogen and oxygen atoms in total. The van der Waals surface area contributed by atoms with Gasteiger partial charge >= 0.3 is 5.97 Å². The van der Waals surface area contributed by atoms with Crippen molar-refractivity contribution >= 4 is 5.78 Å². The van der Waals surface area contributed by atoms with E-state index in [9.17, 15) is 4.79 Å². The van der Waals surface area contributed by atoms with Crippen molar-refractivity contribution in [3.63, 3.8) is 0 Å². The molecule has 0 aromatic rings. The standard InChI is InChI=1S/C15H30O4.Zr/c1-5-8-11-17-15(14(4)16,18-12-9-6-2)19-13-10-7-3;/h5-13H2,1-4H3;. The molecular weight excluding hydrogens is 335 g/mol. The van der Waals surface area contributed by atoms with Crippen LogP contribution >= 0.6 is 0 Å². The van der Waals surface area contributed by atoms with Gasteiger partial charge in [0.15, 0.2) is 0 Å². The minimum atomic E-state index is -1.49. The SMILES string of the molecule is CCCCOC(OCCCC)(OCCCC)C(C)=O.[Zr]. The molecule has 0 saturated carbocycles. The van der Waals surface area contributed by atoms with Crippen LogP contribution in [-0.4, -0.2) is 31.6 Å². The number of unbranched alkanes of at least 4 members (excludes halogenated alkanes) is 3. The summed E-state index contributed by atoms with van der Waals surface area (Å²) in [6, 6.07) is 0. The summed E-state index contributed by atoms with van der Waals surface area (Å²) in [5.41, 5.74) is 0. The van der Waals surface area contributed by atoms with E-state index in [0.717, 1.165) is 38.5 Å². The van der Waals surface area contributed by atoms with Crippen LogP contribution in [0.4, 0.5) is 0 Å². The Kier molecular flexibility index (Phi) is 16.3. The van der Waals surface area contributed by atoms with Crippen LogP contribution in [0.25, 0.3) is 0 Å². The number of hydrogen-bond acceptors (Lipinski definition) is 4. The predicted molar refractivity (Wildman–Crippen MR) is 76.0 cm³/mol. The molecule has 0 aliphatic heterocycles. The zero-order valence-electron chi connectivity index (χ0n) is 13.5. The first-order valence-corrected chi connectivity index (χ1v) is 7.55. The van der Waals surface area contributed by atoms with Gasteiger partial charge in [-0.15, -0.1) is 0 Å². The van der Waals surface area contributed by atoms with Gasteiger partial charge in [0.1, 0.15) is 0 Å². The Morgan fingerprint density at radius 2 is 1.10 bits per heavy atom. The van der Waals surface area contributed by atoms with Gasteiger partial charge in [-0.3, -0.25) is 4.79 Å². The van der Waals surface area contributed by atoms with Gasteiger partial charge in [0, 0.05) is 33.1 Å². The van der Waals surface area contributed by atoms with Crippen molar-refractivity contribution in [2.45, 2.75) is 72.2 Å². The fourth-order valence-electron chi connectivity index (χ4n) is 1.48. The van der Waals surface area contributed by atoms with Crippen molar-refractivity contribution in [1.82, 2.24) is 0 Å². The van der Waals surface area contributed by atoms with Crippen molar-refractivity contribution in [2.75, 3.05) is 19.8 Å². The summed E-state index contributed by atoms with van der Waals surface area (Å²) in [5, 5.41) is 0. The zero-order valence-corrected chi connectivity index (χ0v) is 16.0. The minimum Gasteiger partial charge on any atom is -0.321 e. The number of ether oxygens (including phenoxy) is 3. The van der Waals surface area contributed by atoms with Crippen molar-refractivity contribution in [2.24, 2.45) is 0 Å². The molecule has 0 unspecified atom stereocenters. The van der Waals surface area contributed by atoms with E-state index < -0.39 is 5.97 Å². The maximum Gasteiger partial charge on any atom is 0.346 e. The van der Waals surface area contributed by atoms with Crippen molar-refractivity contribution in [3.05, 3.63) is 0 Å². The third kappa shape index (κ3) is 9.38. The van der Waals surface area contributed by atoms with Gasteiger partial charge in [-0.25, -0.2) is 0 Å². The molecule has 0 aromatic carbocycles. The Bertz CT molecular complexity index is 207. The Balaban J connectivity index is 0. The molecule has 0 heterocycles. The minimum absolute atomic E-state index is 0. The Morgan fingerprint density at radius 1 is 0.800 bits per heavy atom. The molecular formula is C15H30O4Zr. The molecule has 0 bridgehead atoms. The van der Waals surface area contributed by atoms with Crippen molar-refractivity contribution in [3.8, 4) is 0 Å². The summed E-state index contributed by atoms with van der Waals surface area (Å²) in [5.74, 6) is -1.70. The van der Waals surface area contributed by atoms with Crippen LogP contribution in [0.5, 0.6) is 0 Å². The molecule has 0 radical (unpaired) electrons. The number of Topliss-reactive ketones (excluding diaryl/α,β-unsaturated/α-hetero) is 1. The monoisotopic (exact) mass is 364 g/mol. The average Bonchev–Trinajstić information content (AvgIpc) is 2.38. The third-order valence-electron chi connectivity index (χ3n) is 2.80. The second-order valence-electron chi connectivity index (χ2n) is 4.72. The van der Waals surface area contributed by atoms with E-state index >= 15 is 0 Å². The van der Waals surface area contributed by atoms with E-state index in [1.807, 2.05) is 0 Å². The maximum absolute atomic E-state index is 11.9. The number of hydrogen-bond donors (Lipinski definition) is 0. The molecule has 0 N–H and O–H groups in total. The second kappa shape index (κ2) is 14.4. The number of rotatable bonds is 13. The summed E-state index contributed by atoms with van der Waals surface area (Å²) in [6.07, 6.45) is 5.71. The Hall–Kier alpha value is 0.433. The molecule has 0 rings (SSSR count). The molecule has 0 spiro atoms. The third-order valence-corrected chi connectivity index (χ3v) is 2.80. The number of ketones is 1. The molecule has 0 atom stereocenters. The topological polar surface area (TPSA) is 44.8 Å². The first-order valence-electron chi connectivity index (χ1n) is 7.55. The molecule has 0 aliphatic carbocycles. The van der Waals surface area contributed by atoms with Crippen LogP contribution in [-0.2, 0) is 45.2 Å². The van der Waals surface area contributed by atoms with Crippen LogP contribution in [0.15, 0.2) is 0 Å². The molecule has 0 amide bonds. The van der Waals surface area contributed by atoms with Gasteiger partial charge < -0.3 is 14.2 Å². The quantitative estimate of drug-likeness (QED) is 0.369. The van der Waals surface area contributed by atoms with Gasteiger partial charge in [0.05, 0.1) is 19.8 Å².